The second-order valence-electron chi connectivity index (χ2n) is 5.03. The van der Waals surface area contributed by atoms with Crippen molar-refractivity contribution in [1.82, 2.24) is 10.2 Å². The molecule has 1 unspecified atom stereocenters. The molecule has 0 aromatic rings. The van der Waals surface area contributed by atoms with Crippen LogP contribution < -0.4 is 5.32 Å². The van der Waals surface area contributed by atoms with Crippen LogP contribution in [-0.2, 0) is 4.74 Å². The van der Waals surface area contributed by atoms with Crippen LogP contribution in [0.1, 0.15) is 39.5 Å². The lowest BCUT2D eigenvalue weighted by Gasteiger charge is -2.29. The summed E-state index contributed by atoms with van der Waals surface area (Å²) in [5.41, 5.74) is 0. The minimum absolute atomic E-state index is 0.666. The molecule has 3 nitrogen and oxygen atoms in total. The minimum Gasteiger partial charge on any atom is -0.380 e. The first-order chi connectivity index (χ1) is 8.31. The standard InChI is InChI=1S/C14H30N2O/c1-4-16(10-11-17-5-2)12-14(15-3)13-8-6-7-9-13/h13-15H,4-12H2,1-3H3. The van der Waals surface area contributed by atoms with E-state index in [-0.39, 0.29) is 0 Å². The fourth-order valence-electron chi connectivity index (χ4n) is 2.83. The van der Waals surface area contributed by atoms with Gasteiger partial charge in [0.25, 0.3) is 0 Å². The molecule has 0 aromatic carbocycles. The molecule has 0 spiro atoms. The van der Waals surface area contributed by atoms with Crippen molar-refractivity contribution in [2.75, 3.05) is 39.9 Å². The molecule has 1 aliphatic rings. The molecule has 0 heterocycles. The van der Waals surface area contributed by atoms with Gasteiger partial charge in [-0.15, -0.1) is 0 Å². The molecular weight excluding hydrogens is 212 g/mol. The lowest BCUT2D eigenvalue weighted by atomic mass is 9.98. The van der Waals surface area contributed by atoms with E-state index in [0.29, 0.717) is 6.04 Å². The number of nitrogens with zero attached hydrogens (tertiary/aromatic N) is 1. The van der Waals surface area contributed by atoms with Gasteiger partial charge in [-0.1, -0.05) is 19.8 Å². The van der Waals surface area contributed by atoms with Crippen LogP contribution in [-0.4, -0.2) is 50.8 Å². The number of ether oxygens (including phenoxy) is 1. The first-order valence-electron chi connectivity index (χ1n) is 7.29. The van der Waals surface area contributed by atoms with Crippen molar-refractivity contribution < 1.29 is 4.74 Å². The molecule has 17 heavy (non-hydrogen) atoms. The molecular formula is C14H30N2O. The smallest absolute Gasteiger partial charge is 0.0593 e. The maximum atomic E-state index is 5.44. The number of hydrogen-bond donors (Lipinski definition) is 1. The van der Waals surface area contributed by atoms with E-state index in [4.69, 9.17) is 4.74 Å². The predicted octanol–water partition coefficient (Wildman–Crippen LogP) is 2.12. The largest absolute Gasteiger partial charge is 0.380 e. The molecule has 1 N–H and O–H groups in total. The average molecular weight is 242 g/mol. The van der Waals surface area contributed by atoms with Gasteiger partial charge < -0.3 is 10.1 Å². The lowest BCUT2D eigenvalue weighted by Crippen LogP contribution is -2.44. The lowest BCUT2D eigenvalue weighted by molar-refractivity contribution is 0.107. The Hall–Kier alpha value is -0.120. The van der Waals surface area contributed by atoms with Crippen LogP contribution in [0.2, 0.25) is 0 Å². The van der Waals surface area contributed by atoms with Gasteiger partial charge in [-0.05, 0) is 39.3 Å². The van der Waals surface area contributed by atoms with Crippen LogP contribution in [0.25, 0.3) is 0 Å². The van der Waals surface area contributed by atoms with Crippen LogP contribution in [0, 0.1) is 5.92 Å². The Labute approximate surface area is 107 Å². The first-order valence-corrected chi connectivity index (χ1v) is 7.29. The summed E-state index contributed by atoms with van der Waals surface area (Å²) in [5.74, 6) is 0.890. The van der Waals surface area contributed by atoms with Crippen molar-refractivity contribution in [1.29, 1.82) is 0 Å². The van der Waals surface area contributed by atoms with Gasteiger partial charge in [0.2, 0.25) is 0 Å². The molecule has 3 heteroatoms. The number of nitrogens with one attached hydrogen (secondary N) is 1. The van der Waals surface area contributed by atoms with E-state index in [9.17, 15) is 0 Å². The van der Waals surface area contributed by atoms with Gasteiger partial charge >= 0.3 is 0 Å². The molecule has 1 fully saturated rings. The predicted molar refractivity (Wildman–Crippen MR) is 73.4 cm³/mol. The summed E-state index contributed by atoms with van der Waals surface area (Å²) < 4.78 is 5.44. The third kappa shape index (κ3) is 5.36. The summed E-state index contributed by atoms with van der Waals surface area (Å²) in [6.45, 7) is 9.36. The van der Waals surface area contributed by atoms with Crippen LogP contribution in [0.3, 0.4) is 0 Å². The van der Waals surface area contributed by atoms with E-state index >= 15 is 0 Å². The molecule has 0 bridgehead atoms. The second-order valence-corrected chi connectivity index (χ2v) is 5.03. The van der Waals surface area contributed by atoms with E-state index in [1.54, 1.807) is 0 Å². The van der Waals surface area contributed by atoms with Gasteiger partial charge in [-0.2, -0.15) is 0 Å². The van der Waals surface area contributed by atoms with Gasteiger partial charge in [-0.3, -0.25) is 4.90 Å². The van der Waals surface area contributed by atoms with Gasteiger partial charge in [0.05, 0.1) is 6.61 Å². The van der Waals surface area contributed by atoms with Gasteiger partial charge in [0.15, 0.2) is 0 Å². The number of rotatable bonds is 9. The van der Waals surface area contributed by atoms with Crippen molar-refractivity contribution in [2.24, 2.45) is 5.92 Å². The topological polar surface area (TPSA) is 24.5 Å². The molecule has 1 atom stereocenters. The Kier molecular flexibility index (Phi) is 7.82. The van der Waals surface area contributed by atoms with Crippen LogP contribution >= 0.6 is 0 Å². The molecule has 1 aliphatic carbocycles. The number of hydrogen-bond acceptors (Lipinski definition) is 3. The zero-order valence-corrected chi connectivity index (χ0v) is 11.9. The Bertz CT molecular complexity index is 181. The quantitative estimate of drug-likeness (QED) is 0.627. The Morgan fingerprint density at radius 2 is 2.00 bits per heavy atom. The maximum absolute atomic E-state index is 5.44. The van der Waals surface area contributed by atoms with Crippen molar-refractivity contribution in [3.05, 3.63) is 0 Å². The third-order valence-electron chi connectivity index (χ3n) is 4.00. The zero-order chi connectivity index (χ0) is 12.5. The van der Waals surface area contributed by atoms with Crippen molar-refractivity contribution >= 4 is 0 Å². The van der Waals surface area contributed by atoms with Gasteiger partial charge in [0.1, 0.15) is 0 Å². The van der Waals surface area contributed by atoms with Crippen LogP contribution in [0.5, 0.6) is 0 Å². The van der Waals surface area contributed by atoms with Crippen LogP contribution in [0.4, 0.5) is 0 Å². The fourth-order valence-corrected chi connectivity index (χ4v) is 2.83. The minimum atomic E-state index is 0.666. The van der Waals surface area contributed by atoms with Crippen LogP contribution in [0.15, 0.2) is 0 Å². The van der Waals surface area contributed by atoms with Crippen molar-refractivity contribution in [2.45, 2.75) is 45.6 Å². The Morgan fingerprint density at radius 1 is 1.29 bits per heavy atom. The summed E-state index contributed by atoms with van der Waals surface area (Å²) in [5, 5.41) is 3.52. The Balaban J connectivity index is 2.30. The molecule has 102 valence electrons. The van der Waals surface area contributed by atoms with Crippen molar-refractivity contribution in [3.8, 4) is 0 Å². The Morgan fingerprint density at radius 3 is 2.53 bits per heavy atom. The highest BCUT2D eigenvalue weighted by Gasteiger charge is 2.24. The zero-order valence-electron chi connectivity index (χ0n) is 11.9. The molecule has 0 aromatic heterocycles. The van der Waals surface area contributed by atoms with E-state index < -0.39 is 0 Å². The summed E-state index contributed by atoms with van der Waals surface area (Å²) in [7, 11) is 2.11. The summed E-state index contributed by atoms with van der Waals surface area (Å²) in [6.07, 6.45) is 5.67. The van der Waals surface area contributed by atoms with E-state index in [0.717, 1.165) is 32.2 Å². The summed E-state index contributed by atoms with van der Waals surface area (Å²) in [6, 6.07) is 0.666. The molecule has 0 aliphatic heterocycles. The molecule has 0 saturated heterocycles. The third-order valence-corrected chi connectivity index (χ3v) is 4.00. The van der Waals surface area contributed by atoms with E-state index in [2.05, 4.69) is 31.1 Å². The molecule has 1 saturated carbocycles. The van der Waals surface area contributed by atoms with Crippen molar-refractivity contribution in [3.63, 3.8) is 0 Å². The highest BCUT2D eigenvalue weighted by molar-refractivity contribution is 4.82. The second kappa shape index (κ2) is 8.90. The summed E-state index contributed by atoms with van der Waals surface area (Å²) in [4.78, 5) is 2.51. The highest BCUT2D eigenvalue weighted by Crippen LogP contribution is 2.27. The number of likely N-dealkylation sites (N-methyl/N-ethyl adjacent to an activating group) is 2. The average Bonchev–Trinajstić information content (AvgIpc) is 2.87. The molecule has 0 radical (unpaired) electrons. The fraction of sp³-hybridized carbons (Fsp3) is 1.00. The normalized spacial score (nSPS) is 19.1. The molecule has 1 rings (SSSR count). The van der Waals surface area contributed by atoms with Gasteiger partial charge in [0, 0.05) is 25.7 Å². The SMILES string of the molecule is CCOCCN(CC)CC(NC)C1CCCC1. The van der Waals surface area contributed by atoms with E-state index in [1.807, 2.05) is 0 Å². The van der Waals surface area contributed by atoms with Gasteiger partial charge in [-0.25, -0.2) is 0 Å². The summed E-state index contributed by atoms with van der Waals surface area (Å²) >= 11 is 0. The maximum Gasteiger partial charge on any atom is 0.0593 e. The van der Waals surface area contributed by atoms with E-state index in [1.165, 1.54) is 32.2 Å². The monoisotopic (exact) mass is 242 g/mol. The first kappa shape index (κ1) is 14.9. The highest BCUT2D eigenvalue weighted by atomic mass is 16.5. The molecule has 0 amide bonds.